The highest BCUT2D eigenvalue weighted by atomic mass is 79.9. The molecule has 0 spiro atoms. The molecule has 1 aromatic heterocycles. The molecule has 2 rings (SSSR count). The van der Waals surface area contributed by atoms with E-state index in [2.05, 4.69) is 46.1 Å². The first-order chi connectivity index (χ1) is 8.15. The molecular formula is C14H21BrN2. The van der Waals surface area contributed by atoms with Gasteiger partial charge in [-0.1, -0.05) is 19.8 Å². The molecule has 0 amide bonds. The fraction of sp³-hybridized carbons (Fsp3) is 0.643. The van der Waals surface area contributed by atoms with Crippen LogP contribution in [-0.4, -0.2) is 11.5 Å². The Morgan fingerprint density at radius 1 is 1.35 bits per heavy atom. The van der Waals surface area contributed by atoms with Gasteiger partial charge in [0.15, 0.2) is 0 Å². The van der Waals surface area contributed by atoms with E-state index in [9.17, 15) is 0 Å². The van der Waals surface area contributed by atoms with Crippen molar-refractivity contribution in [1.29, 1.82) is 0 Å². The molecule has 0 saturated heterocycles. The van der Waals surface area contributed by atoms with Gasteiger partial charge in [-0.25, -0.2) is 4.98 Å². The quantitative estimate of drug-likeness (QED) is 0.895. The molecule has 0 radical (unpaired) electrons. The molecule has 94 valence electrons. The summed E-state index contributed by atoms with van der Waals surface area (Å²) < 4.78 is 1.05. The summed E-state index contributed by atoms with van der Waals surface area (Å²) in [6.07, 6.45) is 7.37. The van der Waals surface area contributed by atoms with Gasteiger partial charge in [0.2, 0.25) is 0 Å². The molecule has 3 heteroatoms. The average molecular weight is 297 g/mol. The van der Waals surface area contributed by atoms with E-state index in [1.165, 1.54) is 31.2 Å². The first-order valence-corrected chi connectivity index (χ1v) is 7.30. The lowest BCUT2D eigenvalue weighted by molar-refractivity contribution is 0.300. The Balaban J connectivity index is 1.85. The van der Waals surface area contributed by atoms with Crippen LogP contribution in [0.3, 0.4) is 0 Å². The van der Waals surface area contributed by atoms with Gasteiger partial charge in [-0.2, -0.15) is 0 Å². The molecule has 1 aromatic rings. The summed E-state index contributed by atoms with van der Waals surface area (Å²) in [6.45, 7) is 5.54. The van der Waals surface area contributed by atoms with E-state index in [1.54, 1.807) is 0 Å². The molecule has 1 heterocycles. The predicted molar refractivity (Wildman–Crippen MR) is 76.3 cm³/mol. The van der Waals surface area contributed by atoms with Crippen LogP contribution in [0.5, 0.6) is 0 Å². The molecule has 1 fully saturated rings. The topological polar surface area (TPSA) is 24.9 Å². The molecule has 0 aliphatic heterocycles. The van der Waals surface area contributed by atoms with Gasteiger partial charge >= 0.3 is 0 Å². The van der Waals surface area contributed by atoms with E-state index in [1.807, 2.05) is 6.20 Å². The van der Waals surface area contributed by atoms with Gasteiger partial charge < -0.3 is 5.32 Å². The van der Waals surface area contributed by atoms with Gasteiger partial charge in [0.1, 0.15) is 5.82 Å². The van der Waals surface area contributed by atoms with Crippen molar-refractivity contribution in [3.63, 3.8) is 0 Å². The zero-order chi connectivity index (χ0) is 12.3. The highest BCUT2D eigenvalue weighted by Gasteiger charge is 2.18. The number of pyridine rings is 1. The van der Waals surface area contributed by atoms with Crippen LogP contribution in [0.4, 0.5) is 5.82 Å². The van der Waals surface area contributed by atoms with Crippen LogP contribution < -0.4 is 5.32 Å². The van der Waals surface area contributed by atoms with Crippen molar-refractivity contribution in [3.8, 4) is 0 Å². The van der Waals surface area contributed by atoms with Crippen molar-refractivity contribution < 1.29 is 0 Å². The van der Waals surface area contributed by atoms with Gasteiger partial charge in [0, 0.05) is 17.2 Å². The summed E-state index contributed by atoms with van der Waals surface area (Å²) in [7, 11) is 0. The maximum atomic E-state index is 4.42. The van der Waals surface area contributed by atoms with E-state index in [0.29, 0.717) is 0 Å². The maximum Gasteiger partial charge on any atom is 0.128 e. The van der Waals surface area contributed by atoms with Gasteiger partial charge in [-0.3, -0.25) is 0 Å². The molecule has 1 saturated carbocycles. The summed E-state index contributed by atoms with van der Waals surface area (Å²) in [5.41, 5.74) is 1.21. The minimum Gasteiger partial charge on any atom is -0.370 e. The Hall–Kier alpha value is -0.570. The molecular weight excluding hydrogens is 276 g/mol. The van der Waals surface area contributed by atoms with Crippen LogP contribution in [0, 0.1) is 18.8 Å². The number of anilines is 1. The second-order valence-corrected chi connectivity index (χ2v) is 6.24. The molecule has 0 atom stereocenters. The highest BCUT2D eigenvalue weighted by Crippen LogP contribution is 2.28. The SMILES string of the molecule is Cc1cc(Br)cnc1NCC1CCC(C)CC1. The van der Waals surface area contributed by atoms with E-state index in [4.69, 9.17) is 0 Å². The lowest BCUT2D eigenvalue weighted by Crippen LogP contribution is -2.20. The lowest BCUT2D eigenvalue weighted by Gasteiger charge is -2.26. The Kier molecular flexibility index (Phi) is 4.43. The van der Waals surface area contributed by atoms with Crippen molar-refractivity contribution in [3.05, 3.63) is 22.3 Å². The molecule has 0 unspecified atom stereocenters. The minimum atomic E-state index is 0.830. The van der Waals surface area contributed by atoms with E-state index < -0.39 is 0 Å². The lowest BCUT2D eigenvalue weighted by atomic mass is 9.83. The van der Waals surface area contributed by atoms with Crippen molar-refractivity contribution >= 4 is 21.7 Å². The number of aryl methyl sites for hydroxylation is 1. The van der Waals surface area contributed by atoms with Crippen LogP contribution in [-0.2, 0) is 0 Å². The van der Waals surface area contributed by atoms with Crippen LogP contribution in [0.25, 0.3) is 0 Å². The monoisotopic (exact) mass is 296 g/mol. The molecule has 1 N–H and O–H groups in total. The fourth-order valence-corrected chi connectivity index (χ4v) is 2.95. The van der Waals surface area contributed by atoms with Gasteiger partial charge in [-0.05, 0) is 59.2 Å². The standard InChI is InChI=1S/C14H21BrN2/c1-10-3-5-12(6-4-10)8-16-14-11(2)7-13(15)9-17-14/h7,9-10,12H,3-6,8H2,1-2H3,(H,16,17). The molecule has 1 aliphatic rings. The van der Waals surface area contributed by atoms with Gasteiger partial charge in [0.25, 0.3) is 0 Å². The third-order valence-electron chi connectivity index (χ3n) is 3.74. The number of rotatable bonds is 3. The van der Waals surface area contributed by atoms with E-state index in [0.717, 1.165) is 28.7 Å². The number of hydrogen-bond donors (Lipinski definition) is 1. The predicted octanol–water partition coefficient (Wildman–Crippen LogP) is 4.39. The smallest absolute Gasteiger partial charge is 0.128 e. The molecule has 0 aromatic carbocycles. The van der Waals surface area contributed by atoms with E-state index >= 15 is 0 Å². The Morgan fingerprint density at radius 3 is 2.71 bits per heavy atom. The first kappa shape index (κ1) is 12.9. The summed E-state index contributed by atoms with van der Waals surface area (Å²) in [4.78, 5) is 4.42. The summed E-state index contributed by atoms with van der Waals surface area (Å²) in [5, 5.41) is 3.49. The first-order valence-electron chi connectivity index (χ1n) is 6.51. The highest BCUT2D eigenvalue weighted by molar-refractivity contribution is 9.10. The Morgan fingerprint density at radius 2 is 2.06 bits per heavy atom. The number of nitrogens with zero attached hydrogens (tertiary/aromatic N) is 1. The fourth-order valence-electron chi connectivity index (χ4n) is 2.50. The van der Waals surface area contributed by atoms with Crippen molar-refractivity contribution in [2.75, 3.05) is 11.9 Å². The molecule has 0 bridgehead atoms. The van der Waals surface area contributed by atoms with Crippen LogP contribution in [0.1, 0.15) is 38.2 Å². The summed E-state index contributed by atoms with van der Waals surface area (Å²) in [5.74, 6) is 2.79. The molecule has 17 heavy (non-hydrogen) atoms. The Bertz CT molecular complexity index is 370. The normalized spacial score (nSPS) is 24.6. The zero-order valence-electron chi connectivity index (χ0n) is 10.7. The van der Waals surface area contributed by atoms with Crippen molar-refractivity contribution in [2.45, 2.75) is 39.5 Å². The third-order valence-corrected chi connectivity index (χ3v) is 4.17. The number of aromatic nitrogens is 1. The van der Waals surface area contributed by atoms with Gasteiger partial charge in [0.05, 0.1) is 0 Å². The minimum absolute atomic E-state index is 0.830. The van der Waals surface area contributed by atoms with Crippen molar-refractivity contribution in [1.82, 2.24) is 4.98 Å². The number of nitrogens with one attached hydrogen (secondary N) is 1. The average Bonchev–Trinajstić information content (AvgIpc) is 2.30. The second kappa shape index (κ2) is 5.85. The maximum absolute atomic E-state index is 4.42. The summed E-state index contributed by atoms with van der Waals surface area (Å²) >= 11 is 3.44. The third kappa shape index (κ3) is 3.70. The van der Waals surface area contributed by atoms with Crippen LogP contribution in [0.15, 0.2) is 16.7 Å². The molecule has 1 aliphatic carbocycles. The van der Waals surface area contributed by atoms with Gasteiger partial charge in [-0.15, -0.1) is 0 Å². The van der Waals surface area contributed by atoms with E-state index in [-0.39, 0.29) is 0 Å². The second-order valence-electron chi connectivity index (χ2n) is 5.33. The van der Waals surface area contributed by atoms with Crippen LogP contribution in [0.2, 0.25) is 0 Å². The van der Waals surface area contributed by atoms with Crippen LogP contribution >= 0.6 is 15.9 Å². The number of halogens is 1. The largest absolute Gasteiger partial charge is 0.370 e. The Labute approximate surface area is 112 Å². The van der Waals surface area contributed by atoms with Crippen molar-refractivity contribution in [2.24, 2.45) is 11.8 Å². The summed E-state index contributed by atoms with van der Waals surface area (Å²) in [6, 6.07) is 2.11. The number of hydrogen-bond acceptors (Lipinski definition) is 2. The zero-order valence-corrected chi connectivity index (χ0v) is 12.3. The molecule has 2 nitrogen and oxygen atoms in total.